The van der Waals surface area contributed by atoms with E-state index in [0.717, 1.165) is 57.1 Å². The van der Waals surface area contributed by atoms with Crippen molar-refractivity contribution in [1.29, 1.82) is 0 Å². The molecule has 3 saturated carbocycles. The van der Waals surface area contributed by atoms with Crippen molar-refractivity contribution >= 4 is 45.4 Å². The van der Waals surface area contributed by atoms with Crippen LogP contribution < -0.4 is 21.3 Å². The molecule has 0 aromatic heterocycles. The quantitative estimate of drug-likeness (QED) is 0.0786. The number of nitrogens with zero attached hydrogens (tertiary/aromatic N) is 1. The highest BCUT2D eigenvalue weighted by atomic mass is 32.2. The van der Waals surface area contributed by atoms with Crippen LogP contribution >= 0.6 is 10.5 Å². The Labute approximate surface area is 309 Å². The van der Waals surface area contributed by atoms with Crippen LogP contribution in [0.4, 0.5) is 4.79 Å². The molecule has 5 amide bonds. The third-order valence-corrected chi connectivity index (χ3v) is 15.1. The van der Waals surface area contributed by atoms with Gasteiger partial charge in [-0.3, -0.25) is 19.2 Å². The number of carbonyl (C=O) groups excluding carboxylic acids is 5. The molecule has 1 heterocycles. The van der Waals surface area contributed by atoms with Gasteiger partial charge in [0.1, 0.15) is 12.1 Å². The maximum Gasteiger partial charge on any atom is 0.315 e. The number of piperidine rings is 1. The summed E-state index contributed by atoms with van der Waals surface area (Å²) in [7, 11) is -0.0144. The van der Waals surface area contributed by atoms with Gasteiger partial charge < -0.3 is 26.2 Å². The number of urea groups is 1. The fourth-order valence-corrected chi connectivity index (χ4v) is 10.9. The molecule has 0 bridgehead atoms. The fourth-order valence-electron chi connectivity index (χ4n) is 8.60. The molecule has 51 heavy (non-hydrogen) atoms. The summed E-state index contributed by atoms with van der Waals surface area (Å²) in [5.41, 5.74) is -1.14. The minimum Gasteiger partial charge on any atom is -0.349 e. The maximum atomic E-state index is 14.6. The number of fused-ring (bicyclic) bond motifs is 1. The number of ketones is 1. The van der Waals surface area contributed by atoms with Gasteiger partial charge in [0.05, 0.1) is 11.6 Å². The summed E-state index contributed by atoms with van der Waals surface area (Å²) in [4.78, 5) is 70.7. The second-order valence-electron chi connectivity index (χ2n) is 18.3. The number of hydrogen-bond acceptors (Lipinski definition) is 5. The summed E-state index contributed by atoms with van der Waals surface area (Å²) in [6, 6.07) is -2.99. The van der Waals surface area contributed by atoms with Crippen LogP contribution in [0.2, 0.25) is 0 Å². The van der Waals surface area contributed by atoms with Crippen LogP contribution in [0.1, 0.15) is 127 Å². The molecule has 1 aliphatic heterocycles. The molecule has 0 spiro atoms. The van der Waals surface area contributed by atoms with Crippen molar-refractivity contribution < 1.29 is 24.0 Å². The van der Waals surface area contributed by atoms with Crippen molar-refractivity contribution in [3.05, 3.63) is 12.7 Å². The first kappa shape index (κ1) is 41.1. The van der Waals surface area contributed by atoms with Crippen molar-refractivity contribution in [3.8, 4) is 0 Å². The SMILES string of the molecule is C=CCCNC(=O)C(=O)C(CC1CCC1)NC(=O)[C@@H]1C2[C@@H](CN1C(=O)[C@@H](NC(=O)NC1(C/S(=C/C)C(C)(C)C)CCCCC1)C(C)(C)C)C2(C)C. The van der Waals surface area contributed by atoms with E-state index in [9.17, 15) is 24.0 Å². The summed E-state index contributed by atoms with van der Waals surface area (Å²) < 4.78 is 0.0814. The Balaban J connectivity index is 1.54. The van der Waals surface area contributed by atoms with Crippen molar-refractivity contribution in [1.82, 2.24) is 26.2 Å². The molecule has 0 aromatic rings. The number of hydrogen-bond donors (Lipinski definition) is 4. The van der Waals surface area contributed by atoms with Crippen LogP contribution in [0.25, 0.3) is 0 Å². The predicted octanol–water partition coefficient (Wildman–Crippen LogP) is 5.71. The average Bonchev–Trinajstić information content (AvgIpc) is 3.33. The third-order valence-electron chi connectivity index (χ3n) is 12.1. The Morgan fingerprint density at radius 3 is 2.14 bits per heavy atom. The largest absolute Gasteiger partial charge is 0.349 e. The first-order valence-corrected chi connectivity index (χ1v) is 20.8. The molecule has 0 aromatic carbocycles. The van der Waals surface area contributed by atoms with E-state index in [4.69, 9.17) is 0 Å². The van der Waals surface area contributed by atoms with Gasteiger partial charge in [0.2, 0.25) is 17.6 Å². The number of nitrogens with one attached hydrogen (secondary N) is 4. The van der Waals surface area contributed by atoms with Crippen LogP contribution in [0, 0.1) is 28.6 Å². The molecular weight excluding hydrogens is 663 g/mol. The summed E-state index contributed by atoms with van der Waals surface area (Å²) in [6.45, 7) is 23.3. The van der Waals surface area contributed by atoms with E-state index in [1.165, 1.54) is 0 Å². The monoisotopic (exact) mass is 729 g/mol. The van der Waals surface area contributed by atoms with Crippen molar-refractivity contribution in [2.45, 2.75) is 155 Å². The van der Waals surface area contributed by atoms with E-state index in [-0.39, 0.29) is 55.9 Å². The zero-order valence-corrected chi connectivity index (χ0v) is 33.7. The Bertz CT molecular complexity index is 1370. The number of amides is 5. The van der Waals surface area contributed by atoms with Crippen LogP contribution in [0.5, 0.6) is 0 Å². The molecular formula is C40H67N5O5S. The van der Waals surface area contributed by atoms with E-state index in [0.29, 0.717) is 25.9 Å². The fraction of sp³-hybridized carbons (Fsp3) is 0.800. The topological polar surface area (TPSA) is 137 Å². The van der Waals surface area contributed by atoms with E-state index >= 15 is 0 Å². The molecule has 0 radical (unpaired) electrons. The highest BCUT2D eigenvalue weighted by Crippen LogP contribution is 2.65. The molecule has 4 aliphatic rings. The van der Waals surface area contributed by atoms with Gasteiger partial charge in [0.25, 0.3) is 5.91 Å². The van der Waals surface area contributed by atoms with Gasteiger partial charge >= 0.3 is 6.03 Å². The number of carbonyl (C=O) groups is 5. The second kappa shape index (κ2) is 16.1. The molecule has 10 nitrogen and oxygen atoms in total. The first-order chi connectivity index (χ1) is 23.8. The maximum absolute atomic E-state index is 14.6. The third kappa shape index (κ3) is 9.65. The first-order valence-electron chi connectivity index (χ1n) is 19.4. The van der Waals surface area contributed by atoms with Crippen molar-refractivity contribution in [2.75, 3.05) is 18.8 Å². The zero-order chi connectivity index (χ0) is 37.9. The molecule has 4 fully saturated rings. The minimum atomic E-state index is -0.962. The number of Topliss-reactive ketones (excluding diaryl/α,β-unsaturated/α-hetero) is 1. The number of likely N-dealkylation sites (tertiary alicyclic amines) is 1. The van der Waals surface area contributed by atoms with Crippen molar-refractivity contribution in [3.63, 3.8) is 0 Å². The molecule has 3 unspecified atom stereocenters. The van der Waals surface area contributed by atoms with E-state index < -0.39 is 41.1 Å². The second-order valence-corrected chi connectivity index (χ2v) is 21.2. The van der Waals surface area contributed by atoms with Gasteiger partial charge in [0.15, 0.2) is 0 Å². The Kier molecular flexibility index (Phi) is 13.0. The predicted molar refractivity (Wildman–Crippen MR) is 208 cm³/mol. The lowest BCUT2D eigenvalue weighted by Crippen LogP contribution is -2.63. The van der Waals surface area contributed by atoms with Gasteiger partial charge in [-0.25, -0.2) is 4.79 Å². The van der Waals surface area contributed by atoms with Crippen LogP contribution in [0.15, 0.2) is 12.7 Å². The van der Waals surface area contributed by atoms with E-state index in [1.54, 1.807) is 11.0 Å². The lowest BCUT2D eigenvalue weighted by Gasteiger charge is -2.43. The highest BCUT2D eigenvalue weighted by Gasteiger charge is 2.70. The normalized spacial score (nSPS) is 25.7. The molecule has 4 rings (SSSR count). The Morgan fingerprint density at radius 2 is 1.61 bits per heavy atom. The molecule has 4 N–H and O–H groups in total. The Morgan fingerprint density at radius 1 is 0.961 bits per heavy atom. The van der Waals surface area contributed by atoms with Crippen LogP contribution in [-0.4, -0.2) is 87.1 Å². The summed E-state index contributed by atoms with van der Waals surface area (Å²) in [5.74, 6) is -0.881. The smallest absolute Gasteiger partial charge is 0.315 e. The molecule has 6 atom stereocenters. The molecule has 288 valence electrons. The lowest BCUT2D eigenvalue weighted by atomic mass is 9.80. The van der Waals surface area contributed by atoms with Crippen molar-refractivity contribution in [2.24, 2.45) is 28.6 Å². The van der Waals surface area contributed by atoms with E-state index in [1.807, 2.05) is 20.8 Å². The van der Waals surface area contributed by atoms with Gasteiger partial charge in [-0.05, 0) is 61.2 Å². The molecule has 11 heteroatoms. The van der Waals surface area contributed by atoms with Gasteiger partial charge in [-0.2, -0.15) is 10.5 Å². The zero-order valence-electron chi connectivity index (χ0n) is 32.9. The molecule has 1 saturated heterocycles. The minimum absolute atomic E-state index is 0.0144. The molecule has 3 aliphatic carbocycles. The van der Waals surface area contributed by atoms with Gasteiger partial charge in [0, 0.05) is 23.6 Å². The number of rotatable bonds is 14. The van der Waals surface area contributed by atoms with Gasteiger partial charge in [-0.15, -0.1) is 6.58 Å². The van der Waals surface area contributed by atoms with Crippen LogP contribution in [0.3, 0.4) is 0 Å². The standard InChI is InChI=1S/C40H67N5O5S/c1-11-13-22-41-34(48)31(46)28(23-26-18-17-19-26)42-33(47)30-29-27(39(29,9)10)24-45(30)35(49)32(37(3,4)5)43-36(50)44-40(20-15-14-16-21-40)25-51(12-2)38(6,7)8/h11-12,26-30,32H,1,13-25H2,2-10H3,(H,41,48)(H,42,47)(H2,43,44,50)/t27-,28?,29?,30+,32-,51?/m1/s1. The summed E-state index contributed by atoms with van der Waals surface area (Å²) >= 11 is 0. The Hall–Kier alpha value is -2.69. The van der Waals surface area contributed by atoms with E-state index in [2.05, 4.69) is 74.8 Å². The highest BCUT2D eigenvalue weighted by molar-refractivity contribution is 8.16. The summed E-state index contributed by atoms with van der Waals surface area (Å²) in [6.07, 6.45) is 10.7. The van der Waals surface area contributed by atoms with Gasteiger partial charge in [-0.1, -0.05) is 105 Å². The average molecular weight is 730 g/mol. The summed E-state index contributed by atoms with van der Waals surface area (Å²) in [5, 5.41) is 14.4. The lowest BCUT2D eigenvalue weighted by molar-refractivity contribution is -0.145. The van der Waals surface area contributed by atoms with Crippen LogP contribution in [-0.2, 0) is 19.2 Å².